The van der Waals surface area contributed by atoms with Crippen molar-refractivity contribution in [3.8, 4) is 0 Å². The largest absolute Gasteiger partial charge is 0.352 e. The smallest absolute Gasteiger partial charge is 0.312 e. The van der Waals surface area contributed by atoms with E-state index in [1.165, 1.54) is 0 Å². The van der Waals surface area contributed by atoms with Crippen molar-refractivity contribution in [2.24, 2.45) is 5.73 Å². The van der Waals surface area contributed by atoms with Gasteiger partial charge in [0.15, 0.2) is 0 Å². The van der Waals surface area contributed by atoms with Gasteiger partial charge in [0.25, 0.3) is 0 Å². The van der Waals surface area contributed by atoms with Crippen LogP contribution in [0.1, 0.15) is 18.5 Å². The second-order valence-electron chi connectivity index (χ2n) is 2.29. The van der Waals surface area contributed by atoms with Crippen LogP contribution in [0.5, 0.6) is 0 Å². The van der Waals surface area contributed by atoms with Crippen LogP contribution in [0.3, 0.4) is 0 Å². The van der Waals surface area contributed by atoms with E-state index in [1.54, 1.807) is 11.3 Å². The lowest BCUT2D eigenvalue weighted by atomic mass is 10.2. The van der Waals surface area contributed by atoms with Gasteiger partial charge in [0, 0.05) is 0 Å². The highest BCUT2D eigenvalue weighted by molar-refractivity contribution is 7.07. The molecule has 11 heavy (non-hydrogen) atoms. The second kappa shape index (κ2) is 3.39. The molecule has 60 valence electrons. The Balaban J connectivity index is 2.56. The zero-order valence-electron chi connectivity index (χ0n) is 6.20. The van der Waals surface area contributed by atoms with Crippen molar-refractivity contribution in [3.05, 3.63) is 22.4 Å². The van der Waals surface area contributed by atoms with Crippen molar-refractivity contribution in [1.82, 2.24) is 5.32 Å². The summed E-state index contributed by atoms with van der Waals surface area (Å²) in [6, 6.07) is 1.49. The van der Waals surface area contributed by atoms with E-state index in [0.717, 1.165) is 5.56 Å². The van der Waals surface area contributed by atoms with E-state index in [0.29, 0.717) is 0 Å². The molecule has 0 aromatic carbocycles. The Kier molecular flexibility index (Phi) is 2.48. The molecular weight excluding hydrogens is 160 g/mol. The summed E-state index contributed by atoms with van der Waals surface area (Å²) in [4.78, 5) is 10.4. The van der Waals surface area contributed by atoms with Gasteiger partial charge in [0.1, 0.15) is 0 Å². The van der Waals surface area contributed by atoms with Crippen molar-refractivity contribution in [3.63, 3.8) is 0 Å². The predicted octanol–water partition coefficient (Wildman–Crippen LogP) is 1.48. The van der Waals surface area contributed by atoms with Gasteiger partial charge in [-0.1, -0.05) is 0 Å². The maximum Gasteiger partial charge on any atom is 0.312 e. The number of rotatable bonds is 2. The SMILES string of the molecule is CC(NC(N)=O)c1ccsc1. The molecule has 0 fully saturated rings. The average molecular weight is 170 g/mol. The Morgan fingerprint density at radius 1 is 1.82 bits per heavy atom. The minimum Gasteiger partial charge on any atom is -0.352 e. The van der Waals surface area contributed by atoms with E-state index in [4.69, 9.17) is 5.73 Å². The molecule has 1 atom stereocenters. The Morgan fingerprint density at radius 2 is 2.55 bits per heavy atom. The molecule has 0 saturated carbocycles. The number of carbonyl (C=O) groups is 1. The molecule has 0 radical (unpaired) electrons. The minimum absolute atomic E-state index is 0.0127. The third kappa shape index (κ3) is 2.23. The van der Waals surface area contributed by atoms with Crippen LogP contribution in [0.4, 0.5) is 4.79 Å². The van der Waals surface area contributed by atoms with Crippen LogP contribution < -0.4 is 11.1 Å². The molecule has 1 rings (SSSR count). The van der Waals surface area contributed by atoms with Gasteiger partial charge in [-0.2, -0.15) is 11.3 Å². The molecule has 1 heterocycles. The fraction of sp³-hybridized carbons (Fsp3) is 0.286. The van der Waals surface area contributed by atoms with E-state index >= 15 is 0 Å². The van der Waals surface area contributed by atoms with Gasteiger partial charge in [0.2, 0.25) is 0 Å². The third-order valence-electron chi connectivity index (χ3n) is 1.40. The quantitative estimate of drug-likeness (QED) is 0.694. The van der Waals surface area contributed by atoms with E-state index in [9.17, 15) is 4.79 Å². The molecule has 0 aliphatic rings. The van der Waals surface area contributed by atoms with Gasteiger partial charge in [-0.3, -0.25) is 0 Å². The van der Waals surface area contributed by atoms with Crippen LogP contribution in [-0.2, 0) is 0 Å². The normalized spacial score (nSPS) is 12.5. The Bertz CT molecular complexity index is 233. The first kappa shape index (κ1) is 8.07. The first-order chi connectivity index (χ1) is 5.20. The highest BCUT2D eigenvalue weighted by atomic mass is 32.1. The highest BCUT2D eigenvalue weighted by Gasteiger charge is 2.05. The van der Waals surface area contributed by atoms with E-state index in [2.05, 4.69) is 5.32 Å². The molecular formula is C7H10N2OS. The van der Waals surface area contributed by atoms with Gasteiger partial charge in [-0.05, 0) is 29.3 Å². The minimum atomic E-state index is -0.483. The lowest BCUT2D eigenvalue weighted by Crippen LogP contribution is -2.31. The van der Waals surface area contributed by atoms with E-state index < -0.39 is 6.03 Å². The fourth-order valence-electron chi connectivity index (χ4n) is 0.818. The highest BCUT2D eigenvalue weighted by Crippen LogP contribution is 2.14. The number of primary amides is 1. The van der Waals surface area contributed by atoms with Crippen molar-refractivity contribution in [2.75, 3.05) is 0 Å². The average Bonchev–Trinajstić information content (AvgIpc) is 2.35. The van der Waals surface area contributed by atoms with Gasteiger partial charge < -0.3 is 11.1 Å². The first-order valence-corrected chi connectivity index (χ1v) is 4.22. The number of nitrogens with two attached hydrogens (primary N) is 1. The summed E-state index contributed by atoms with van der Waals surface area (Å²) < 4.78 is 0. The molecule has 0 saturated heterocycles. The molecule has 1 aromatic heterocycles. The number of hydrogen-bond acceptors (Lipinski definition) is 2. The molecule has 0 aliphatic carbocycles. The zero-order valence-corrected chi connectivity index (χ0v) is 7.02. The summed E-state index contributed by atoms with van der Waals surface area (Å²) in [6.45, 7) is 1.90. The fourth-order valence-corrected chi connectivity index (χ4v) is 1.57. The number of nitrogens with one attached hydrogen (secondary N) is 1. The lowest BCUT2D eigenvalue weighted by molar-refractivity contribution is 0.246. The summed E-state index contributed by atoms with van der Waals surface area (Å²) in [5.41, 5.74) is 6.04. The van der Waals surface area contributed by atoms with Crippen molar-refractivity contribution in [1.29, 1.82) is 0 Å². The van der Waals surface area contributed by atoms with Crippen molar-refractivity contribution < 1.29 is 4.79 Å². The van der Waals surface area contributed by atoms with Crippen LogP contribution in [0.15, 0.2) is 16.8 Å². The molecule has 1 aromatic rings. The second-order valence-corrected chi connectivity index (χ2v) is 3.07. The van der Waals surface area contributed by atoms with E-state index in [1.807, 2.05) is 23.8 Å². The molecule has 3 N–H and O–H groups in total. The summed E-state index contributed by atoms with van der Waals surface area (Å²) in [6.07, 6.45) is 0. The summed E-state index contributed by atoms with van der Waals surface area (Å²) in [5, 5.41) is 6.54. The molecule has 2 amide bonds. The van der Waals surface area contributed by atoms with Gasteiger partial charge in [-0.15, -0.1) is 0 Å². The monoisotopic (exact) mass is 170 g/mol. The third-order valence-corrected chi connectivity index (χ3v) is 2.10. The maximum atomic E-state index is 10.4. The van der Waals surface area contributed by atoms with Crippen molar-refractivity contribution in [2.45, 2.75) is 13.0 Å². The number of thiophene rings is 1. The van der Waals surface area contributed by atoms with Gasteiger partial charge in [-0.25, -0.2) is 4.79 Å². The Hall–Kier alpha value is -1.03. The molecule has 0 aliphatic heterocycles. The van der Waals surface area contributed by atoms with Gasteiger partial charge >= 0.3 is 6.03 Å². The van der Waals surface area contributed by atoms with Crippen LogP contribution in [0, 0.1) is 0 Å². The van der Waals surface area contributed by atoms with Crippen LogP contribution in [0.2, 0.25) is 0 Å². The van der Waals surface area contributed by atoms with Gasteiger partial charge in [0.05, 0.1) is 6.04 Å². The molecule has 4 heteroatoms. The Morgan fingerprint density at radius 3 is 3.00 bits per heavy atom. The standard InChI is InChI=1S/C7H10N2OS/c1-5(9-7(8)10)6-2-3-11-4-6/h2-5H,1H3,(H3,8,9,10). The van der Waals surface area contributed by atoms with Crippen LogP contribution in [-0.4, -0.2) is 6.03 Å². The summed E-state index contributed by atoms with van der Waals surface area (Å²) >= 11 is 1.60. The van der Waals surface area contributed by atoms with Crippen LogP contribution in [0.25, 0.3) is 0 Å². The number of amides is 2. The van der Waals surface area contributed by atoms with E-state index in [-0.39, 0.29) is 6.04 Å². The summed E-state index contributed by atoms with van der Waals surface area (Å²) in [5.74, 6) is 0. The molecule has 3 nitrogen and oxygen atoms in total. The topological polar surface area (TPSA) is 55.1 Å². The lowest BCUT2D eigenvalue weighted by Gasteiger charge is -2.08. The van der Waals surface area contributed by atoms with Crippen LogP contribution >= 0.6 is 11.3 Å². The summed E-state index contributed by atoms with van der Waals surface area (Å²) in [7, 11) is 0. The molecule has 0 bridgehead atoms. The molecule has 0 spiro atoms. The zero-order chi connectivity index (χ0) is 8.27. The van der Waals surface area contributed by atoms with Crippen molar-refractivity contribution >= 4 is 17.4 Å². The number of hydrogen-bond donors (Lipinski definition) is 2. The number of carbonyl (C=O) groups excluding carboxylic acids is 1. The Labute approximate surface area is 69.2 Å². The molecule has 1 unspecified atom stereocenters. The predicted molar refractivity (Wildman–Crippen MR) is 45.5 cm³/mol. The number of urea groups is 1. The first-order valence-electron chi connectivity index (χ1n) is 3.28. The maximum absolute atomic E-state index is 10.4.